The van der Waals surface area contributed by atoms with Crippen molar-refractivity contribution in [1.82, 2.24) is 24.7 Å². The Balaban J connectivity index is 1.46. The lowest BCUT2D eigenvalue weighted by molar-refractivity contribution is 0.614. The quantitative estimate of drug-likeness (QED) is 0.724. The first-order valence-electron chi connectivity index (χ1n) is 8.11. The molecule has 0 aromatic carbocycles. The van der Waals surface area contributed by atoms with Gasteiger partial charge < -0.3 is 9.80 Å². The second-order valence-corrected chi connectivity index (χ2v) is 5.97. The van der Waals surface area contributed by atoms with E-state index in [4.69, 9.17) is 4.98 Å². The first-order chi connectivity index (χ1) is 12.2. The lowest BCUT2D eigenvalue weighted by Crippen LogP contribution is -2.47. The van der Waals surface area contributed by atoms with Crippen LogP contribution >= 0.6 is 0 Å². The van der Waals surface area contributed by atoms with Crippen molar-refractivity contribution in [3.05, 3.63) is 48.9 Å². The zero-order chi connectivity index (χ0) is 17.2. The molecule has 1 aliphatic rings. The van der Waals surface area contributed by atoms with Crippen LogP contribution < -0.4 is 9.80 Å². The van der Waals surface area contributed by atoms with Gasteiger partial charge >= 0.3 is 0 Å². The molecule has 0 aliphatic carbocycles. The lowest BCUT2D eigenvalue weighted by atomic mass is 10.2. The summed E-state index contributed by atoms with van der Waals surface area (Å²) in [5, 5.41) is 4.18. The number of hydrogen-bond acceptors (Lipinski definition) is 6. The molecule has 3 aromatic heterocycles. The van der Waals surface area contributed by atoms with E-state index >= 15 is 0 Å². The van der Waals surface area contributed by atoms with E-state index in [0.29, 0.717) is 0 Å². The van der Waals surface area contributed by atoms with Crippen LogP contribution in [0.2, 0.25) is 0 Å². The molecule has 0 bridgehead atoms. The molecule has 4 rings (SSSR count). The van der Waals surface area contributed by atoms with Crippen LogP contribution in [0.3, 0.4) is 0 Å². The van der Waals surface area contributed by atoms with Crippen molar-refractivity contribution in [2.45, 2.75) is 0 Å². The molecule has 0 spiro atoms. The number of nitrogens with zero attached hydrogens (tertiary/aromatic N) is 7. The largest absolute Gasteiger partial charge is 0.353 e. The van der Waals surface area contributed by atoms with Gasteiger partial charge in [-0.1, -0.05) is 0 Å². The Hall–Kier alpha value is -3.03. The van der Waals surface area contributed by atoms with E-state index in [1.165, 1.54) is 12.3 Å². The Morgan fingerprint density at radius 1 is 0.920 bits per heavy atom. The van der Waals surface area contributed by atoms with Crippen LogP contribution in [-0.4, -0.2) is 50.9 Å². The Labute approximate surface area is 144 Å². The minimum Gasteiger partial charge on any atom is -0.353 e. The molecule has 1 saturated heterocycles. The normalized spacial score (nSPS) is 14.8. The van der Waals surface area contributed by atoms with Crippen LogP contribution in [-0.2, 0) is 7.05 Å². The summed E-state index contributed by atoms with van der Waals surface area (Å²) in [6.45, 7) is 3.23. The summed E-state index contributed by atoms with van der Waals surface area (Å²) < 4.78 is 14.8. The third-order valence-corrected chi connectivity index (χ3v) is 4.26. The first-order valence-corrected chi connectivity index (χ1v) is 8.11. The molecule has 0 amide bonds. The minimum absolute atomic E-state index is 0.315. The van der Waals surface area contributed by atoms with Gasteiger partial charge in [0.2, 0.25) is 0 Å². The van der Waals surface area contributed by atoms with Crippen molar-refractivity contribution < 1.29 is 4.39 Å². The highest BCUT2D eigenvalue weighted by Crippen LogP contribution is 2.21. The number of pyridine rings is 1. The molecular weight excluding hydrogens is 321 g/mol. The van der Waals surface area contributed by atoms with Crippen molar-refractivity contribution in [3.8, 4) is 11.3 Å². The molecule has 1 aliphatic heterocycles. The standard InChI is InChI=1S/C17H18FN7/c1-23-12-13(8-21-23)15-10-19-11-17(22-15)25-6-4-24(5-7-25)16-3-2-14(18)9-20-16/h2-3,8-12H,4-7H2,1H3. The van der Waals surface area contributed by atoms with E-state index in [1.807, 2.05) is 13.2 Å². The van der Waals surface area contributed by atoms with E-state index in [9.17, 15) is 4.39 Å². The van der Waals surface area contributed by atoms with Gasteiger partial charge in [0.25, 0.3) is 0 Å². The van der Waals surface area contributed by atoms with Crippen molar-refractivity contribution in [2.75, 3.05) is 36.0 Å². The molecular formula is C17H18FN7. The van der Waals surface area contributed by atoms with Crippen LogP contribution in [0, 0.1) is 5.82 Å². The Kier molecular flexibility index (Phi) is 4.01. The molecule has 4 heterocycles. The fourth-order valence-electron chi connectivity index (χ4n) is 2.92. The third kappa shape index (κ3) is 3.28. The number of halogens is 1. The first kappa shape index (κ1) is 15.5. The predicted octanol–water partition coefficient (Wildman–Crippen LogP) is 1.74. The average molecular weight is 339 g/mol. The van der Waals surface area contributed by atoms with E-state index in [1.54, 1.807) is 29.3 Å². The highest BCUT2D eigenvalue weighted by molar-refractivity contribution is 5.58. The number of rotatable bonds is 3. The number of anilines is 2. The number of piperazine rings is 1. The molecule has 0 N–H and O–H groups in total. The van der Waals surface area contributed by atoms with Crippen molar-refractivity contribution in [1.29, 1.82) is 0 Å². The summed E-state index contributed by atoms with van der Waals surface area (Å²) >= 11 is 0. The zero-order valence-electron chi connectivity index (χ0n) is 13.9. The van der Waals surface area contributed by atoms with Gasteiger partial charge in [0.15, 0.2) is 0 Å². The Morgan fingerprint density at radius 3 is 2.32 bits per heavy atom. The molecule has 0 saturated carbocycles. The van der Waals surface area contributed by atoms with Gasteiger partial charge in [0.05, 0.1) is 30.5 Å². The molecule has 128 valence electrons. The lowest BCUT2D eigenvalue weighted by Gasteiger charge is -2.35. The second-order valence-electron chi connectivity index (χ2n) is 5.97. The van der Waals surface area contributed by atoms with Gasteiger partial charge in [-0.3, -0.25) is 9.67 Å². The second kappa shape index (κ2) is 6.46. The molecule has 0 atom stereocenters. The van der Waals surface area contributed by atoms with Crippen molar-refractivity contribution in [2.24, 2.45) is 7.05 Å². The summed E-state index contributed by atoms with van der Waals surface area (Å²) in [6.07, 6.45) is 8.49. The number of aromatic nitrogens is 5. The highest BCUT2D eigenvalue weighted by Gasteiger charge is 2.20. The summed E-state index contributed by atoms with van der Waals surface area (Å²) in [6, 6.07) is 3.16. The molecule has 25 heavy (non-hydrogen) atoms. The Bertz CT molecular complexity index is 853. The average Bonchev–Trinajstić information content (AvgIpc) is 3.09. The number of hydrogen-bond donors (Lipinski definition) is 0. The molecule has 8 heteroatoms. The summed E-state index contributed by atoms with van der Waals surface area (Å²) in [5.41, 5.74) is 1.76. The van der Waals surface area contributed by atoms with E-state index < -0.39 is 0 Å². The van der Waals surface area contributed by atoms with Crippen LogP contribution in [0.1, 0.15) is 0 Å². The SMILES string of the molecule is Cn1cc(-c2cncc(N3CCN(c4ccc(F)cn4)CC3)n2)cn1. The number of aryl methyl sites for hydroxylation is 1. The smallest absolute Gasteiger partial charge is 0.147 e. The fourth-order valence-corrected chi connectivity index (χ4v) is 2.92. The highest BCUT2D eigenvalue weighted by atomic mass is 19.1. The van der Waals surface area contributed by atoms with Crippen LogP contribution in [0.5, 0.6) is 0 Å². The van der Waals surface area contributed by atoms with Crippen LogP contribution in [0.25, 0.3) is 11.3 Å². The summed E-state index contributed by atoms with van der Waals surface area (Å²) in [5.74, 6) is 1.34. The molecule has 3 aromatic rings. The van der Waals surface area contributed by atoms with E-state index in [2.05, 4.69) is 24.9 Å². The topological polar surface area (TPSA) is 63.0 Å². The maximum atomic E-state index is 13.0. The fraction of sp³-hybridized carbons (Fsp3) is 0.294. The van der Waals surface area contributed by atoms with Gasteiger partial charge in [-0.2, -0.15) is 5.10 Å². The zero-order valence-corrected chi connectivity index (χ0v) is 13.9. The van der Waals surface area contributed by atoms with Crippen LogP contribution in [0.4, 0.5) is 16.0 Å². The summed E-state index contributed by atoms with van der Waals surface area (Å²) in [4.78, 5) is 17.5. The molecule has 0 unspecified atom stereocenters. The maximum absolute atomic E-state index is 13.0. The van der Waals surface area contributed by atoms with E-state index in [-0.39, 0.29) is 5.82 Å². The van der Waals surface area contributed by atoms with Crippen molar-refractivity contribution in [3.63, 3.8) is 0 Å². The predicted molar refractivity (Wildman–Crippen MR) is 92.9 cm³/mol. The Morgan fingerprint density at radius 2 is 1.68 bits per heavy atom. The van der Waals surface area contributed by atoms with E-state index in [0.717, 1.165) is 49.1 Å². The maximum Gasteiger partial charge on any atom is 0.147 e. The van der Waals surface area contributed by atoms with Gasteiger partial charge in [-0.25, -0.2) is 14.4 Å². The molecule has 7 nitrogen and oxygen atoms in total. The van der Waals surface area contributed by atoms with Crippen molar-refractivity contribution >= 4 is 11.6 Å². The van der Waals surface area contributed by atoms with Gasteiger partial charge in [0, 0.05) is 45.0 Å². The van der Waals surface area contributed by atoms with Gasteiger partial charge in [-0.05, 0) is 12.1 Å². The van der Waals surface area contributed by atoms with Gasteiger partial charge in [0.1, 0.15) is 17.5 Å². The van der Waals surface area contributed by atoms with Crippen LogP contribution in [0.15, 0.2) is 43.1 Å². The minimum atomic E-state index is -0.315. The summed E-state index contributed by atoms with van der Waals surface area (Å²) in [7, 11) is 1.88. The van der Waals surface area contributed by atoms with Gasteiger partial charge in [-0.15, -0.1) is 0 Å². The monoisotopic (exact) mass is 339 g/mol. The third-order valence-electron chi connectivity index (χ3n) is 4.26. The molecule has 1 fully saturated rings. The molecule has 0 radical (unpaired) electrons.